The number of hydrogen-bond donors (Lipinski definition) is 1. The number of ether oxygens (including phenoxy) is 3. The van der Waals surface area contributed by atoms with Crippen LogP contribution in [0.15, 0.2) is 41.3 Å². The molecule has 2 atom stereocenters. The van der Waals surface area contributed by atoms with E-state index in [0.717, 1.165) is 4.70 Å². The number of rotatable bonds is 4. The fourth-order valence-corrected chi connectivity index (χ4v) is 6.26. The Morgan fingerprint density at radius 1 is 1.09 bits per heavy atom. The highest BCUT2D eigenvalue weighted by molar-refractivity contribution is 7.89. The van der Waals surface area contributed by atoms with Crippen LogP contribution < -0.4 is 14.8 Å². The number of carbonyl (C=O) groups excluding carboxylic acids is 1. The lowest BCUT2D eigenvalue weighted by Crippen LogP contribution is -2.48. The number of aromatic nitrogens is 1. The summed E-state index contributed by atoms with van der Waals surface area (Å²) < 4.78 is 44.6. The first-order chi connectivity index (χ1) is 15.3. The van der Waals surface area contributed by atoms with Gasteiger partial charge in [-0.25, -0.2) is 13.4 Å². The van der Waals surface area contributed by atoms with Crippen molar-refractivity contribution in [3.8, 4) is 11.5 Å². The topological polar surface area (TPSA) is 107 Å². The van der Waals surface area contributed by atoms with Crippen LogP contribution in [0.2, 0.25) is 0 Å². The molecule has 0 unspecified atom stereocenters. The van der Waals surface area contributed by atoms with Gasteiger partial charge in [-0.15, -0.1) is 0 Å². The average Bonchev–Trinajstić information content (AvgIpc) is 3.36. The summed E-state index contributed by atoms with van der Waals surface area (Å²) in [4.78, 5) is 17.2. The molecule has 1 saturated heterocycles. The van der Waals surface area contributed by atoms with Gasteiger partial charge in [-0.2, -0.15) is 4.31 Å². The highest BCUT2D eigenvalue weighted by Gasteiger charge is 2.32. The van der Waals surface area contributed by atoms with Gasteiger partial charge < -0.3 is 14.2 Å². The fourth-order valence-electron chi connectivity index (χ4n) is 3.80. The van der Waals surface area contributed by atoms with Crippen molar-refractivity contribution in [3.63, 3.8) is 0 Å². The highest BCUT2D eigenvalue weighted by Crippen LogP contribution is 2.39. The average molecular weight is 476 g/mol. The molecular formula is C21H21N3O6S2. The standard InChI is InChI=1S/C21H21N3O6S2/c1-12-9-24(10-13(2)30-12)32(26,27)15-5-3-14(4-6-15)20(25)23-21-22-16-7-17-18(29-11-28-17)8-19(16)31-21/h3-8,12-13H,9-11H2,1-2H3,(H,22,23,25)/t12-,13-/m0/s1. The number of nitrogens with one attached hydrogen (secondary N) is 1. The van der Waals surface area contributed by atoms with Gasteiger partial charge in [-0.1, -0.05) is 11.3 Å². The summed E-state index contributed by atoms with van der Waals surface area (Å²) in [7, 11) is -3.66. The number of carbonyl (C=O) groups is 1. The van der Waals surface area contributed by atoms with Gasteiger partial charge in [-0.3, -0.25) is 10.1 Å². The molecule has 11 heteroatoms. The zero-order chi connectivity index (χ0) is 22.5. The minimum Gasteiger partial charge on any atom is -0.454 e. The minimum absolute atomic E-state index is 0.143. The second-order valence-corrected chi connectivity index (χ2v) is 10.7. The van der Waals surface area contributed by atoms with Gasteiger partial charge in [0.1, 0.15) is 0 Å². The Bertz CT molecular complexity index is 1240. The molecule has 168 valence electrons. The number of hydrogen-bond acceptors (Lipinski definition) is 8. The van der Waals surface area contributed by atoms with Gasteiger partial charge in [0.2, 0.25) is 16.8 Å². The molecule has 0 radical (unpaired) electrons. The van der Waals surface area contributed by atoms with E-state index in [2.05, 4.69) is 10.3 Å². The van der Waals surface area contributed by atoms with Crippen LogP contribution in [0.3, 0.4) is 0 Å². The number of nitrogens with zero attached hydrogens (tertiary/aromatic N) is 2. The highest BCUT2D eigenvalue weighted by atomic mass is 32.2. The number of benzene rings is 2. The molecule has 2 aromatic carbocycles. The number of thiazole rings is 1. The van der Waals surface area contributed by atoms with E-state index >= 15 is 0 Å². The molecule has 1 amide bonds. The number of sulfonamides is 1. The van der Waals surface area contributed by atoms with Crippen molar-refractivity contribution in [1.29, 1.82) is 0 Å². The minimum atomic E-state index is -3.66. The molecule has 9 nitrogen and oxygen atoms in total. The molecule has 0 aliphatic carbocycles. The van der Waals surface area contributed by atoms with Crippen molar-refractivity contribution in [2.24, 2.45) is 0 Å². The molecule has 1 aromatic heterocycles. The van der Waals surface area contributed by atoms with Crippen LogP contribution in [0.5, 0.6) is 11.5 Å². The van der Waals surface area contributed by atoms with Gasteiger partial charge in [0, 0.05) is 30.8 Å². The van der Waals surface area contributed by atoms with Crippen molar-refractivity contribution in [2.75, 3.05) is 25.2 Å². The lowest BCUT2D eigenvalue weighted by Gasteiger charge is -2.34. The van der Waals surface area contributed by atoms with E-state index in [1.165, 1.54) is 39.9 Å². The zero-order valence-electron chi connectivity index (χ0n) is 17.4. The van der Waals surface area contributed by atoms with Gasteiger partial charge >= 0.3 is 0 Å². The SMILES string of the molecule is C[C@H]1CN(S(=O)(=O)c2ccc(C(=O)Nc3nc4cc5c(cc4s3)OCO5)cc2)C[C@H](C)O1. The van der Waals surface area contributed by atoms with Crippen LogP contribution in [0, 0.1) is 0 Å². The van der Waals surface area contributed by atoms with Crippen LogP contribution in [0.1, 0.15) is 24.2 Å². The third kappa shape index (κ3) is 3.92. The molecule has 0 bridgehead atoms. The van der Waals surface area contributed by atoms with Gasteiger partial charge in [-0.05, 0) is 38.1 Å². The van der Waals surface area contributed by atoms with Crippen molar-refractivity contribution in [3.05, 3.63) is 42.0 Å². The number of anilines is 1. The predicted molar refractivity (Wildman–Crippen MR) is 119 cm³/mol. The summed E-state index contributed by atoms with van der Waals surface area (Å²) >= 11 is 1.32. The van der Waals surface area contributed by atoms with E-state index in [4.69, 9.17) is 14.2 Å². The van der Waals surface area contributed by atoms with E-state index in [1.807, 2.05) is 19.9 Å². The lowest BCUT2D eigenvalue weighted by molar-refractivity contribution is -0.0440. The Morgan fingerprint density at radius 2 is 1.75 bits per heavy atom. The van der Waals surface area contributed by atoms with Crippen molar-refractivity contribution in [2.45, 2.75) is 31.0 Å². The second-order valence-electron chi connectivity index (χ2n) is 7.75. The maximum absolute atomic E-state index is 13.0. The summed E-state index contributed by atoms with van der Waals surface area (Å²) in [5.41, 5.74) is 1.03. The summed E-state index contributed by atoms with van der Waals surface area (Å²) in [5, 5.41) is 3.20. The number of fused-ring (bicyclic) bond motifs is 2. The van der Waals surface area contributed by atoms with Crippen LogP contribution in [-0.4, -0.2) is 55.7 Å². The predicted octanol–water partition coefficient (Wildman–Crippen LogP) is 3.08. The molecule has 1 fully saturated rings. The quantitative estimate of drug-likeness (QED) is 0.618. The molecule has 5 rings (SSSR count). The molecule has 1 N–H and O–H groups in total. The van der Waals surface area contributed by atoms with Crippen molar-refractivity contribution >= 4 is 42.6 Å². The van der Waals surface area contributed by atoms with Crippen LogP contribution in [0.4, 0.5) is 5.13 Å². The smallest absolute Gasteiger partial charge is 0.257 e. The number of morpholine rings is 1. The van der Waals surface area contributed by atoms with Crippen LogP contribution in [-0.2, 0) is 14.8 Å². The molecule has 32 heavy (non-hydrogen) atoms. The molecule has 0 spiro atoms. The summed E-state index contributed by atoms with van der Waals surface area (Å²) in [6.07, 6.45) is -0.349. The van der Waals surface area contributed by atoms with E-state index in [1.54, 1.807) is 6.07 Å². The second kappa shape index (κ2) is 8.00. The summed E-state index contributed by atoms with van der Waals surface area (Å²) in [6, 6.07) is 9.51. The Labute approximate surface area is 189 Å². The van der Waals surface area contributed by atoms with Gasteiger partial charge in [0.15, 0.2) is 16.6 Å². The largest absolute Gasteiger partial charge is 0.454 e. The lowest BCUT2D eigenvalue weighted by atomic mass is 10.2. The van der Waals surface area contributed by atoms with E-state index in [0.29, 0.717) is 40.8 Å². The van der Waals surface area contributed by atoms with Crippen molar-refractivity contribution < 1.29 is 27.4 Å². The maximum atomic E-state index is 13.0. The Morgan fingerprint density at radius 3 is 2.44 bits per heavy atom. The molecule has 3 aromatic rings. The first-order valence-corrected chi connectivity index (χ1v) is 12.3. The third-order valence-electron chi connectivity index (χ3n) is 5.24. The number of amides is 1. The zero-order valence-corrected chi connectivity index (χ0v) is 19.0. The maximum Gasteiger partial charge on any atom is 0.257 e. The molecule has 3 heterocycles. The first kappa shape index (κ1) is 21.1. The molecule has 0 saturated carbocycles. The molecular weight excluding hydrogens is 454 g/mol. The monoisotopic (exact) mass is 475 g/mol. The molecule has 2 aliphatic rings. The van der Waals surface area contributed by atoms with Crippen LogP contribution >= 0.6 is 11.3 Å². The normalized spacial score (nSPS) is 21.1. The summed E-state index contributed by atoms with van der Waals surface area (Å²) in [5.74, 6) is 0.906. The van der Waals surface area contributed by atoms with E-state index in [-0.39, 0.29) is 29.8 Å². The van der Waals surface area contributed by atoms with Crippen molar-refractivity contribution in [1.82, 2.24) is 9.29 Å². The van der Waals surface area contributed by atoms with E-state index < -0.39 is 10.0 Å². The Hall–Kier alpha value is -2.73. The van der Waals surface area contributed by atoms with Gasteiger partial charge in [0.05, 0.1) is 27.3 Å². The van der Waals surface area contributed by atoms with Gasteiger partial charge in [0.25, 0.3) is 5.91 Å². The Kier molecular flexibility index (Phi) is 5.28. The first-order valence-electron chi connectivity index (χ1n) is 10.1. The molecule has 2 aliphatic heterocycles. The summed E-state index contributed by atoms with van der Waals surface area (Å²) in [6.45, 7) is 4.48. The fraction of sp³-hybridized carbons (Fsp3) is 0.333. The van der Waals surface area contributed by atoms with Crippen LogP contribution in [0.25, 0.3) is 10.2 Å². The van der Waals surface area contributed by atoms with E-state index in [9.17, 15) is 13.2 Å². The third-order valence-corrected chi connectivity index (χ3v) is 8.02. The Balaban J connectivity index is 1.31.